The number of carbonyl (C=O) groups is 1. The molecule has 4 N–H and O–H groups in total. The Morgan fingerprint density at radius 2 is 2.00 bits per heavy atom. The van der Waals surface area contributed by atoms with Crippen LogP contribution in [0.5, 0.6) is 0 Å². The number of carbonyl (C=O) groups excluding carboxylic acids is 1. The van der Waals surface area contributed by atoms with Crippen LogP contribution in [0.1, 0.15) is 40.6 Å². The van der Waals surface area contributed by atoms with Crippen molar-refractivity contribution in [2.24, 2.45) is 0 Å². The lowest BCUT2D eigenvalue weighted by atomic mass is 9.98. The molecule has 9 nitrogen and oxygen atoms in total. The molecule has 0 spiro atoms. The van der Waals surface area contributed by atoms with Crippen molar-refractivity contribution in [2.45, 2.75) is 31.4 Å². The van der Waals surface area contributed by atoms with Crippen molar-refractivity contribution in [3.05, 3.63) is 78.1 Å². The van der Waals surface area contributed by atoms with Gasteiger partial charge in [-0.25, -0.2) is 9.97 Å². The van der Waals surface area contributed by atoms with E-state index in [1.165, 1.54) is 0 Å². The minimum atomic E-state index is -0.216. The van der Waals surface area contributed by atoms with Crippen LogP contribution < -0.4 is 11.1 Å². The first-order valence-electron chi connectivity index (χ1n) is 11.3. The molecule has 4 heterocycles. The standard InChI is InChI=1S/C25H26N6O3/c26-23-22-21(30-24(31(22)12-11-28-23)18-8-9-19(14-32)34-15-18)17-6-4-16(5-7-17)13-29-25(33)20-3-1-2-10-27-20/h1-7,10-12,18-19,32H,8-9,13-15H2,(H2,26,28)(H,29,33). The van der Waals surface area contributed by atoms with Crippen LogP contribution in [0.4, 0.5) is 5.82 Å². The summed E-state index contributed by atoms with van der Waals surface area (Å²) in [7, 11) is 0. The van der Waals surface area contributed by atoms with Crippen LogP contribution in [0.25, 0.3) is 16.8 Å². The molecule has 0 radical (unpaired) electrons. The Bertz CT molecular complexity index is 1280. The van der Waals surface area contributed by atoms with E-state index in [1.54, 1.807) is 30.6 Å². The largest absolute Gasteiger partial charge is 0.394 e. The van der Waals surface area contributed by atoms with Crippen LogP contribution in [0.2, 0.25) is 0 Å². The van der Waals surface area contributed by atoms with Gasteiger partial charge in [-0.3, -0.25) is 14.2 Å². The van der Waals surface area contributed by atoms with E-state index in [4.69, 9.17) is 15.5 Å². The summed E-state index contributed by atoms with van der Waals surface area (Å²) in [5.74, 6) is 1.17. The number of amides is 1. The molecule has 2 unspecified atom stereocenters. The summed E-state index contributed by atoms with van der Waals surface area (Å²) >= 11 is 0. The molecule has 0 saturated carbocycles. The first-order valence-corrected chi connectivity index (χ1v) is 11.3. The van der Waals surface area contributed by atoms with Gasteiger partial charge in [0.25, 0.3) is 5.91 Å². The molecule has 4 aromatic rings. The van der Waals surface area contributed by atoms with Gasteiger partial charge < -0.3 is 20.9 Å². The van der Waals surface area contributed by atoms with Crippen LogP contribution in [0.15, 0.2) is 61.1 Å². The van der Waals surface area contributed by atoms with Crippen LogP contribution in [0.3, 0.4) is 0 Å². The van der Waals surface area contributed by atoms with E-state index in [9.17, 15) is 9.90 Å². The average Bonchev–Trinajstić information content (AvgIpc) is 3.29. The predicted molar refractivity (Wildman–Crippen MR) is 127 cm³/mol. The summed E-state index contributed by atoms with van der Waals surface area (Å²) in [5, 5.41) is 12.2. The van der Waals surface area contributed by atoms with Gasteiger partial charge in [0.05, 0.1) is 19.3 Å². The summed E-state index contributed by atoms with van der Waals surface area (Å²) in [4.78, 5) is 25.6. The highest BCUT2D eigenvalue weighted by Gasteiger charge is 2.27. The molecular weight excluding hydrogens is 432 g/mol. The van der Waals surface area contributed by atoms with Gasteiger partial charge >= 0.3 is 0 Å². The van der Waals surface area contributed by atoms with E-state index < -0.39 is 0 Å². The minimum Gasteiger partial charge on any atom is -0.394 e. The number of ether oxygens (including phenoxy) is 1. The van der Waals surface area contributed by atoms with Crippen molar-refractivity contribution in [1.82, 2.24) is 24.7 Å². The van der Waals surface area contributed by atoms with Crippen LogP contribution in [-0.4, -0.2) is 49.7 Å². The zero-order valence-electron chi connectivity index (χ0n) is 18.6. The molecule has 5 rings (SSSR count). The second kappa shape index (κ2) is 9.58. The van der Waals surface area contributed by atoms with E-state index >= 15 is 0 Å². The first-order chi connectivity index (χ1) is 16.6. The molecule has 1 saturated heterocycles. The third-order valence-electron chi connectivity index (χ3n) is 6.13. The van der Waals surface area contributed by atoms with Crippen molar-refractivity contribution in [1.29, 1.82) is 0 Å². The number of aliphatic hydroxyl groups excluding tert-OH is 1. The van der Waals surface area contributed by atoms with Gasteiger partial charge in [0.15, 0.2) is 0 Å². The number of hydrogen-bond acceptors (Lipinski definition) is 7. The monoisotopic (exact) mass is 458 g/mol. The highest BCUT2D eigenvalue weighted by atomic mass is 16.5. The predicted octanol–water partition coefficient (Wildman–Crippen LogP) is 2.56. The minimum absolute atomic E-state index is 0.0336. The number of nitrogen functional groups attached to an aromatic ring is 1. The van der Waals surface area contributed by atoms with Crippen LogP contribution in [0, 0.1) is 0 Å². The number of benzene rings is 1. The Morgan fingerprint density at radius 3 is 2.71 bits per heavy atom. The molecule has 3 aromatic heterocycles. The molecule has 2 atom stereocenters. The van der Waals surface area contributed by atoms with Crippen molar-refractivity contribution >= 4 is 17.2 Å². The molecule has 1 aliphatic rings. The smallest absolute Gasteiger partial charge is 0.270 e. The van der Waals surface area contributed by atoms with E-state index in [0.717, 1.165) is 41.0 Å². The SMILES string of the molecule is Nc1nccn2c(C3CCC(CO)OC3)nc(-c3ccc(CNC(=O)c4ccccn4)cc3)c12. The maximum absolute atomic E-state index is 12.3. The molecule has 0 aliphatic carbocycles. The van der Waals surface area contributed by atoms with E-state index in [-0.39, 0.29) is 24.5 Å². The molecule has 34 heavy (non-hydrogen) atoms. The maximum atomic E-state index is 12.3. The Balaban J connectivity index is 1.38. The van der Waals surface area contributed by atoms with Crippen molar-refractivity contribution in [2.75, 3.05) is 18.9 Å². The molecule has 1 fully saturated rings. The van der Waals surface area contributed by atoms with Crippen molar-refractivity contribution in [3.63, 3.8) is 0 Å². The zero-order valence-corrected chi connectivity index (χ0v) is 18.6. The Hall–Kier alpha value is -3.82. The normalized spacial score (nSPS) is 18.1. The fourth-order valence-corrected chi connectivity index (χ4v) is 4.28. The number of nitrogens with one attached hydrogen (secondary N) is 1. The molecule has 174 valence electrons. The number of nitrogens with two attached hydrogens (primary N) is 1. The van der Waals surface area contributed by atoms with Crippen molar-refractivity contribution in [3.8, 4) is 11.3 Å². The third-order valence-corrected chi connectivity index (χ3v) is 6.13. The summed E-state index contributed by atoms with van der Waals surface area (Å²) in [6.45, 7) is 0.923. The number of hydrogen-bond donors (Lipinski definition) is 3. The average molecular weight is 459 g/mol. The summed E-state index contributed by atoms with van der Waals surface area (Å²) in [5.41, 5.74) is 10.0. The summed E-state index contributed by atoms with van der Waals surface area (Å²) in [6, 6.07) is 13.1. The molecular formula is C25H26N6O3. The highest BCUT2D eigenvalue weighted by molar-refractivity contribution is 5.92. The number of imidazole rings is 1. The second-order valence-electron chi connectivity index (χ2n) is 8.36. The molecule has 1 aromatic carbocycles. The second-order valence-corrected chi connectivity index (χ2v) is 8.36. The third kappa shape index (κ3) is 4.35. The van der Waals surface area contributed by atoms with Gasteiger partial charge in [-0.15, -0.1) is 0 Å². The lowest BCUT2D eigenvalue weighted by Gasteiger charge is -2.27. The molecule has 0 bridgehead atoms. The van der Waals surface area contributed by atoms with E-state index in [2.05, 4.69) is 15.3 Å². The Labute approximate surface area is 196 Å². The Morgan fingerprint density at radius 1 is 1.15 bits per heavy atom. The van der Waals surface area contributed by atoms with Crippen LogP contribution in [-0.2, 0) is 11.3 Å². The quantitative estimate of drug-likeness (QED) is 0.405. The van der Waals surface area contributed by atoms with Gasteiger partial charge in [0, 0.05) is 36.6 Å². The van der Waals surface area contributed by atoms with Gasteiger partial charge in [-0.05, 0) is 30.5 Å². The van der Waals surface area contributed by atoms with Crippen LogP contribution >= 0.6 is 0 Å². The first kappa shape index (κ1) is 22.0. The van der Waals surface area contributed by atoms with Crippen molar-refractivity contribution < 1.29 is 14.6 Å². The van der Waals surface area contributed by atoms with Gasteiger partial charge in [-0.1, -0.05) is 30.3 Å². The maximum Gasteiger partial charge on any atom is 0.270 e. The Kier molecular flexibility index (Phi) is 6.20. The lowest BCUT2D eigenvalue weighted by Crippen LogP contribution is -2.28. The number of nitrogens with zero attached hydrogens (tertiary/aromatic N) is 4. The summed E-state index contributed by atoms with van der Waals surface area (Å²) < 4.78 is 7.79. The van der Waals surface area contributed by atoms with Gasteiger partial charge in [0.1, 0.15) is 28.5 Å². The number of pyridine rings is 1. The zero-order chi connectivity index (χ0) is 23.5. The number of aromatic nitrogens is 4. The molecule has 9 heteroatoms. The van der Waals surface area contributed by atoms with E-state index in [0.29, 0.717) is 24.7 Å². The number of aliphatic hydroxyl groups is 1. The highest BCUT2D eigenvalue weighted by Crippen LogP contribution is 2.34. The molecule has 1 amide bonds. The van der Waals surface area contributed by atoms with Gasteiger partial charge in [0.2, 0.25) is 0 Å². The number of rotatable bonds is 6. The topological polar surface area (TPSA) is 128 Å². The number of anilines is 1. The van der Waals surface area contributed by atoms with Gasteiger partial charge in [-0.2, -0.15) is 0 Å². The fraction of sp³-hybridized carbons (Fsp3) is 0.280. The molecule has 1 aliphatic heterocycles. The number of fused-ring (bicyclic) bond motifs is 1. The fourth-order valence-electron chi connectivity index (χ4n) is 4.28. The summed E-state index contributed by atoms with van der Waals surface area (Å²) in [6.07, 6.45) is 6.69. The lowest BCUT2D eigenvalue weighted by molar-refractivity contribution is -0.0282. The van der Waals surface area contributed by atoms with E-state index in [1.807, 2.05) is 34.9 Å².